The smallest absolute Gasteiger partial charge is 0.412 e. The number of aromatic nitrogens is 12. The van der Waals surface area contributed by atoms with Gasteiger partial charge in [0.1, 0.15) is 133 Å². The normalized spacial score (nSPS) is 10.7. The van der Waals surface area contributed by atoms with E-state index in [-0.39, 0.29) is 52.5 Å². The summed E-state index contributed by atoms with van der Waals surface area (Å²) in [6, 6.07) is 45.0. The van der Waals surface area contributed by atoms with Crippen molar-refractivity contribution in [2.24, 2.45) is 5.84 Å². The second-order valence-electron chi connectivity index (χ2n) is 31.7. The summed E-state index contributed by atoms with van der Waals surface area (Å²) in [6.45, 7) is 26.9. The van der Waals surface area contributed by atoms with Crippen LogP contribution in [0.5, 0.6) is 58.1 Å². The Labute approximate surface area is 765 Å². The molecule has 11 aromatic rings. The monoisotopic (exact) mass is 1850 g/mol. The van der Waals surface area contributed by atoms with Crippen LogP contribution in [0.2, 0.25) is 15.5 Å². The van der Waals surface area contributed by atoms with E-state index < -0.39 is 64.4 Å². The van der Waals surface area contributed by atoms with Gasteiger partial charge in [0.2, 0.25) is 41.1 Å². The summed E-state index contributed by atoms with van der Waals surface area (Å²) in [5.41, 5.74) is 2.33. The number of quaternary nitrogens is 1. The van der Waals surface area contributed by atoms with Crippen LogP contribution in [0.15, 0.2) is 196 Å². The number of hydrazine groups is 1. The number of hydrogen-bond donors (Lipinski definition) is 8. The number of nitrogens with one attached hydrogen (secondary N) is 7. The van der Waals surface area contributed by atoms with Gasteiger partial charge in [0, 0.05) is 89.1 Å². The number of anilines is 5. The Bertz CT molecular complexity index is 5480. The lowest BCUT2D eigenvalue weighted by Crippen LogP contribution is -3.00. The maximum Gasteiger partial charge on any atom is 0.412 e. The molecule has 0 fully saturated rings. The fraction of sp³-hybridized carbons (Fsp3) is 0.279. The topological polar surface area (TPSA) is 504 Å². The molecule has 0 saturated carbocycles. The fourth-order valence-corrected chi connectivity index (χ4v) is 9.50. The molecule has 0 atom stereocenters. The van der Waals surface area contributed by atoms with Crippen LogP contribution in [0, 0.1) is 16.7 Å². The molecule has 0 unspecified atom stereocenters. The number of methoxy groups -OCH3 is 1. The van der Waals surface area contributed by atoms with Gasteiger partial charge in [0.05, 0.1) is 34.3 Å². The van der Waals surface area contributed by atoms with E-state index in [1.54, 1.807) is 210 Å². The maximum absolute atomic E-state index is 11.9. The van der Waals surface area contributed by atoms with Crippen LogP contribution < -0.4 is 78.4 Å². The Morgan fingerprint density at radius 3 is 0.907 bits per heavy atom. The van der Waals surface area contributed by atoms with Gasteiger partial charge in [-0.25, -0.2) is 84.6 Å². The van der Waals surface area contributed by atoms with Gasteiger partial charge in [-0.05, 0) is 165 Å². The zero-order valence-electron chi connectivity index (χ0n) is 73.8. The van der Waals surface area contributed by atoms with Gasteiger partial charge >= 0.3 is 30.5 Å². The maximum atomic E-state index is 11.9. The zero-order valence-corrected chi connectivity index (χ0v) is 76.8. The number of hydrogen-bond acceptors (Lipinski definition) is 32. The number of nitrogen functional groups attached to an aromatic ring is 1. The Kier molecular flexibility index (Phi) is 40.2. The van der Waals surface area contributed by atoms with Crippen LogP contribution in [-0.4, -0.2) is 158 Å². The highest BCUT2D eigenvalue weighted by Gasteiger charge is 2.23. The van der Waals surface area contributed by atoms with E-state index in [0.29, 0.717) is 89.4 Å². The van der Waals surface area contributed by atoms with Crippen molar-refractivity contribution in [3.05, 3.63) is 228 Å². The first-order chi connectivity index (χ1) is 60.0. The van der Waals surface area contributed by atoms with E-state index in [1.807, 2.05) is 53.4 Å². The molecule has 6 aromatic heterocycles. The van der Waals surface area contributed by atoms with Crippen molar-refractivity contribution in [3.63, 3.8) is 0 Å². The summed E-state index contributed by atoms with van der Waals surface area (Å²) in [4.78, 5) is 117. The molecule has 0 saturated heterocycles. The Morgan fingerprint density at radius 2 is 0.628 bits per heavy atom. The van der Waals surface area contributed by atoms with Crippen LogP contribution in [0.25, 0.3) is 0 Å². The van der Waals surface area contributed by atoms with Crippen LogP contribution in [-0.2, 0) is 28.4 Å². The summed E-state index contributed by atoms with van der Waals surface area (Å²) in [7, 11) is 7.42. The predicted octanol–water partition coefficient (Wildman–Crippen LogP) is 16.2. The minimum absolute atomic E-state index is 0. The van der Waals surface area contributed by atoms with Gasteiger partial charge in [-0.15, -0.1) is 0 Å². The third-order valence-corrected chi connectivity index (χ3v) is 14.5. The molecule has 6 amide bonds. The number of amides is 6. The van der Waals surface area contributed by atoms with E-state index in [9.17, 15) is 28.8 Å². The quantitative estimate of drug-likeness (QED) is 0.00578. The van der Waals surface area contributed by atoms with Gasteiger partial charge in [-0.3, -0.25) is 46.7 Å². The lowest BCUT2D eigenvalue weighted by atomic mass is 10.2. The highest BCUT2D eigenvalue weighted by molar-refractivity contribution is 6.33. The van der Waals surface area contributed by atoms with Gasteiger partial charge in [-0.1, -0.05) is 65.1 Å². The predicted molar refractivity (Wildman–Crippen MR) is 479 cm³/mol. The molecule has 0 spiro atoms. The molecular weight excluding hydrogens is 1750 g/mol. The number of benzene rings is 5. The molecule has 0 aliphatic rings. The molecule has 129 heavy (non-hydrogen) atoms. The highest BCUT2D eigenvalue weighted by Crippen LogP contribution is 2.31. The number of nitriles is 1. The van der Waals surface area contributed by atoms with Crippen molar-refractivity contribution in [2.75, 3.05) is 54.8 Å². The first-order valence-electron chi connectivity index (χ1n) is 38.2. The number of carbonyl (C=O) groups excluding carboxylic acids is 6. The van der Waals surface area contributed by atoms with Gasteiger partial charge in [0.15, 0.2) is 0 Å². The molecule has 6 heterocycles. The van der Waals surface area contributed by atoms with E-state index in [1.165, 1.54) is 75.4 Å². The van der Waals surface area contributed by atoms with Gasteiger partial charge in [0.25, 0.3) is 5.91 Å². The number of rotatable bonds is 18. The van der Waals surface area contributed by atoms with Crippen molar-refractivity contribution in [3.8, 4) is 64.2 Å². The van der Waals surface area contributed by atoms with Crippen LogP contribution in [0.4, 0.5) is 58.2 Å². The molecule has 0 aliphatic carbocycles. The molecule has 0 radical (unpaired) electrons. The summed E-state index contributed by atoms with van der Waals surface area (Å²) in [5, 5.41) is 30.6. The SMILES string of the molecule is CC(C)(C)OC(=O)Nc1cccc(Oc2cc(C#N)ncn2)c1.CC(C)(C)OC(=O)Nc1cccc(Oc2cc(C(=O)NN)ncn2)c1.CC(C)(C)OC(=O)Nc1cccc(Oc2cc(Cl)ncn2)c1.CC(C)(C)OC(=O)Nc1cccc(Oc2cc([N+](C)(C)C)ncn2)c1.COC(=N)c1cc(Oc2cccc(NC(=O)OC(C)(C)C)c2)ncn1.Clc1cc(Cl)ncn1.[Cl-]. The number of nitrogens with zero attached hydrogens (tertiary/aromatic N) is 14. The largest absolute Gasteiger partial charge is 1.00 e. The zero-order chi connectivity index (χ0) is 94.6. The van der Waals surface area contributed by atoms with Crippen molar-refractivity contribution in [1.29, 1.82) is 10.7 Å². The van der Waals surface area contributed by atoms with Gasteiger partial charge < -0.3 is 64.5 Å². The number of nitrogens with two attached hydrogens (primary N) is 1. The molecule has 43 heteroatoms. The third kappa shape index (κ3) is 43.3. The first kappa shape index (κ1) is 105. The average molecular weight is 1850 g/mol. The van der Waals surface area contributed by atoms with E-state index in [4.69, 9.17) is 103 Å². The van der Waals surface area contributed by atoms with Crippen molar-refractivity contribution in [1.82, 2.24) is 69.7 Å². The first-order valence-corrected chi connectivity index (χ1v) is 39.3. The van der Waals surface area contributed by atoms with Crippen LogP contribution in [0.3, 0.4) is 0 Å². The molecule has 0 aliphatic heterocycles. The molecule has 682 valence electrons. The van der Waals surface area contributed by atoms with Crippen LogP contribution in [0.1, 0.15) is 126 Å². The second kappa shape index (κ2) is 49.4. The molecule has 39 nitrogen and oxygen atoms in total. The Balaban J connectivity index is 0.000000279. The molecular formula is C86H98Cl4N22O17. The van der Waals surface area contributed by atoms with E-state index >= 15 is 0 Å². The van der Waals surface area contributed by atoms with Crippen molar-refractivity contribution in [2.45, 2.75) is 132 Å². The summed E-state index contributed by atoms with van der Waals surface area (Å²) >= 11 is 16.6. The lowest BCUT2D eigenvalue weighted by Gasteiger charge is -2.21. The minimum atomic E-state index is -0.598. The van der Waals surface area contributed by atoms with Crippen LogP contribution >= 0.6 is 34.8 Å². The fourth-order valence-electron chi connectivity index (χ4n) is 9.01. The Morgan fingerprint density at radius 1 is 0.364 bits per heavy atom. The molecule has 0 bridgehead atoms. The van der Waals surface area contributed by atoms with E-state index in [0.717, 1.165) is 5.82 Å². The standard InChI is InChI=1S/C18H24N4O3.C17H20N4O4.C16H19N5O4.C16H16N4O3.C15H16ClN3O3.C4H2Cl2N2.ClH/c1-18(2,3)25-17(23)21-13-8-7-9-14(10-13)24-16-11-15(19-12-20-16)22(4,5)6;1-17(2,3)25-16(22)21-11-6-5-7-12(8-11)24-14-9-13(15(18)23-4)19-10-20-14;1-16(2,3)25-15(23)20-10-5-4-6-11(7-10)24-13-8-12(14(22)21-17)18-9-19-13;1-16(2,3)23-15(21)20-11-5-4-6-13(7-11)22-14-8-12(9-17)18-10-19-14;1-15(2,3)22-14(20)19-10-5-4-6-11(7-10)21-13-8-12(16)17-9-18-13;5-3-1-4(6)8-2-7-3;/h7-12H,1-6H3;5-10,18H,1-4H3,(H,21,22);4-9H,17H2,1-3H3,(H,20,23)(H,21,22);4-8,10H,1-3H3,(H,20,21);4-9H,1-3H3,(H,19,20);1-2H;1H. The summed E-state index contributed by atoms with van der Waals surface area (Å²) in [5.74, 6) is 9.02. The second-order valence-corrected chi connectivity index (χ2v) is 32.9. The summed E-state index contributed by atoms with van der Waals surface area (Å²) in [6.07, 6.45) is 5.07. The Hall–Kier alpha value is -14.6. The number of ether oxygens (including phenoxy) is 11. The minimum Gasteiger partial charge on any atom is -1.00 e. The van der Waals surface area contributed by atoms with Crippen molar-refractivity contribution >= 4 is 111 Å². The lowest BCUT2D eigenvalue weighted by molar-refractivity contribution is -0.000117. The molecule has 5 aromatic carbocycles. The molecule has 9 N–H and O–H groups in total. The van der Waals surface area contributed by atoms with Crippen molar-refractivity contribution < 1.29 is 93.3 Å². The van der Waals surface area contributed by atoms with E-state index in [2.05, 4.69) is 86.4 Å². The number of halogens is 4. The average Bonchev–Trinajstić information content (AvgIpc) is 0.852. The highest BCUT2D eigenvalue weighted by atomic mass is 35.5. The summed E-state index contributed by atoms with van der Waals surface area (Å²) < 4.78 is 59.5. The third-order valence-electron chi connectivity index (χ3n) is 13.9. The van der Waals surface area contributed by atoms with Gasteiger partial charge in [-0.2, -0.15) is 10.2 Å². The number of carbonyl (C=O) groups is 6. The molecule has 11 rings (SSSR count).